The zero-order chi connectivity index (χ0) is 24.2. The van der Waals surface area contributed by atoms with Crippen molar-refractivity contribution in [2.45, 2.75) is 13.5 Å². The number of hydrogen-bond donors (Lipinski definition) is 0. The fourth-order valence-corrected chi connectivity index (χ4v) is 5.00. The Kier molecular flexibility index (Phi) is 6.41. The van der Waals surface area contributed by atoms with Crippen LogP contribution < -0.4 is 9.54 Å². The molecule has 35 heavy (non-hydrogen) atoms. The second-order valence-electron chi connectivity index (χ2n) is 7.77. The van der Waals surface area contributed by atoms with Crippen molar-refractivity contribution in [2.75, 3.05) is 6.61 Å². The molecule has 0 N–H and O–H groups in total. The van der Waals surface area contributed by atoms with Crippen LogP contribution in [0.4, 0.5) is 0 Å². The summed E-state index contributed by atoms with van der Waals surface area (Å²) in [5.41, 5.74) is 1.22. The fraction of sp³-hybridized carbons (Fsp3) is 0.107. The summed E-state index contributed by atoms with van der Waals surface area (Å²) in [7, 11) is 0. The predicted octanol–water partition coefficient (Wildman–Crippen LogP) is 5.95. The average Bonchev–Trinajstić information content (AvgIpc) is 3.22. The maximum absolute atomic E-state index is 13.2. The summed E-state index contributed by atoms with van der Waals surface area (Å²) in [6.45, 7) is 2.01. The van der Waals surface area contributed by atoms with E-state index in [2.05, 4.69) is 4.99 Å². The first kappa shape index (κ1) is 22.6. The van der Waals surface area contributed by atoms with Crippen molar-refractivity contribution in [3.63, 3.8) is 0 Å². The van der Waals surface area contributed by atoms with Gasteiger partial charge in [0.1, 0.15) is 18.0 Å². The summed E-state index contributed by atoms with van der Waals surface area (Å²) in [5, 5.41) is 2.12. The van der Waals surface area contributed by atoms with Crippen LogP contribution in [0, 0.1) is 0 Å². The van der Waals surface area contributed by atoms with Gasteiger partial charge in [-0.15, -0.1) is 0 Å². The van der Waals surface area contributed by atoms with Crippen molar-refractivity contribution in [1.82, 2.24) is 4.57 Å². The molecule has 1 heterocycles. The van der Waals surface area contributed by atoms with Crippen LogP contribution in [0.2, 0.25) is 0 Å². The molecular weight excluding hydrogens is 460 g/mol. The molecule has 4 aromatic carbocycles. The highest BCUT2D eigenvalue weighted by Crippen LogP contribution is 2.28. The van der Waals surface area contributed by atoms with E-state index in [1.165, 1.54) is 11.3 Å². The van der Waals surface area contributed by atoms with Gasteiger partial charge in [-0.2, -0.15) is 4.99 Å². The Morgan fingerprint density at radius 1 is 0.886 bits per heavy atom. The second-order valence-corrected chi connectivity index (χ2v) is 8.75. The summed E-state index contributed by atoms with van der Waals surface area (Å²) in [4.78, 5) is 30.4. The molecule has 1 aromatic heterocycles. The first-order valence-electron chi connectivity index (χ1n) is 11.2. The van der Waals surface area contributed by atoms with Crippen LogP contribution >= 0.6 is 11.3 Å². The number of esters is 1. The minimum atomic E-state index is -0.419. The monoisotopic (exact) mass is 482 g/mol. The number of carbonyl (C=O) groups is 2. The van der Waals surface area contributed by atoms with E-state index in [4.69, 9.17) is 9.47 Å². The van der Waals surface area contributed by atoms with Gasteiger partial charge in [0.2, 0.25) is 0 Å². The molecule has 0 aliphatic heterocycles. The molecule has 5 aromatic rings. The number of para-hydroxylation sites is 1. The predicted molar refractivity (Wildman–Crippen MR) is 137 cm³/mol. The van der Waals surface area contributed by atoms with E-state index in [1.807, 2.05) is 66.7 Å². The lowest BCUT2D eigenvalue weighted by molar-refractivity contribution is -0.143. The summed E-state index contributed by atoms with van der Waals surface area (Å²) < 4.78 is 13.7. The number of thiazole rings is 1. The minimum absolute atomic E-state index is 0.0323. The van der Waals surface area contributed by atoms with Crippen LogP contribution in [-0.4, -0.2) is 23.1 Å². The number of fused-ring (bicyclic) bond motifs is 3. The van der Waals surface area contributed by atoms with Crippen molar-refractivity contribution < 1.29 is 19.1 Å². The Balaban J connectivity index is 1.57. The van der Waals surface area contributed by atoms with Crippen molar-refractivity contribution in [1.29, 1.82) is 0 Å². The lowest BCUT2D eigenvalue weighted by atomic mass is 10.1. The van der Waals surface area contributed by atoms with Crippen LogP contribution in [0.1, 0.15) is 17.3 Å². The molecule has 0 fully saturated rings. The number of aromatic nitrogens is 1. The van der Waals surface area contributed by atoms with Crippen LogP contribution in [0.25, 0.3) is 21.0 Å². The molecule has 0 spiro atoms. The van der Waals surface area contributed by atoms with E-state index in [0.29, 0.717) is 21.9 Å². The molecule has 6 nitrogen and oxygen atoms in total. The third-order valence-electron chi connectivity index (χ3n) is 5.42. The number of hydrogen-bond acceptors (Lipinski definition) is 5. The number of ether oxygens (including phenoxy) is 2. The number of amides is 1. The van der Waals surface area contributed by atoms with Crippen molar-refractivity contribution >= 4 is 44.2 Å². The molecule has 174 valence electrons. The molecule has 0 saturated carbocycles. The Morgan fingerprint density at radius 2 is 1.66 bits per heavy atom. The molecule has 5 rings (SSSR count). The molecule has 0 aliphatic rings. The van der Waals surface area contributed by atoms with Gasteiger partial charge in [-0.25, -0.2) is 0 Å². The van der Waals surface area contributed by atoms with Crippen LogP contribution in [0.5, 0.6) is 11.5 Å². The summed E-state index contributed by atoms with van der Waals surface area (Å²) in [6, 6.07) is 28.2. The molecule has 1 amide bonds. The van der Waals surface area contributed by atoms with Gasteiger partial charge in [0.05, 0.1) is 16.8 Å². The number of carbonyl (C=O) groups excluding carboxylic acids is 2. The molecule has 0 atom stereocenters. The Hall–Kier alpha value is -4.23. The van der Waals surface area contributed by atoms with E-state index >= 15 is 0 Å². The van der Waals surface area contributed by atoms with Crippen LogP contribution in [0.15, 0.2) is 96.0 Å². The van der Waals surface area contributed by atoms with E-state index in [9.17, 15) is 9.59 Å². The average molecular weight is 483 g/mol. The fourth-order valence-electron chi connectivity index (χ4n) is 3.84. The van der Waals surface area contributed by atoms with Gasteiger partial charge in [-0.1, -0.05) is 65.9 Å². The largest absolute Gasteiger partial charge is 0.465 e. The van der Waals surface area contributed by atoms with Gasteiger partial charge >= 0.3 is 5.97 Å². The van der Waals surface area contributed by atoms with Gasteiger partial charge in [0.15, 0.2) is 4.80 Å². The molecule has 0 saturated heterocycles. The molecule has 0 bridgehead atoms. The van der Waals surface area contributed by atoms with Crippen molar-refractivity contribution in [2.24, 2.45) is 4.99 Å². The Labute approximate surface area is 205 Å². The van der Waals surface area contributed by atoms with E-state index in [1.54, 1.807) is 35.8 Å². The zero-order valence-electron chi connectivity index (χ0n) is 19.0. The summed E-state index contributed by atoms with van der Waals surface area (Å²) in [6.07, 6.45) is 0. The van der Waals surface area contributed by atoms with E-state index < -0.39 is 5.91 Å². The van der Waals surface area contributed by atoms with E-state index in [0.717, 1.165) is 21.0 Å². The highest BCUT2D eigenvalue weighted by Gasteiger charge is 2.15. The summed E-state index contributed by atoms with van der Waals surface area (Å²) in [5.74, 6) is 0.418. The quantitative estimate of drug-likeness (QED) is 0.280. The first-order chi connectivity index (χ1) is 17.1. The third-order valence-corrected chi connectivity index (χ3v) is 6.55. The smallest absolute Gasteiger partial charge is 0.326 e. The zero-order valence-corrected chi connectivity index (χ0v) is 19.8. The molecule has 0 aliphatic carbocycles. The lowest BCUT2D eigenvalue weighted by Gasteiger charge is -2.07. The SMILES string of the molecule is CCOC(=O)Cn1c(=NC(=O)c2cccc(Oc3ccccc3)c2)sc2c3ccccc3ccc21. The third kappa shape index (κ3) is 4.85. The maximum atomic E-state index is 13.2. The van der Waals surface area contributed by atoms with E-state index in [-0.39, 0.29) is 19.1 Å². The number of nitrogens with zero attached hydrogens (tertiary/aromatic N) is 2. The Morgan fingerprint density at radius 3 is 2.49 bits per heavy atom. The minimum Gasteiger partial charge on any atom is -0.465 e. The maximum Gasteiger partial charge on any atom is 0.326 e. The second kappa shape index (κ2) is 9.95. The Bertz CT molecular complexity index is 1600. The van der Waals surface area contributed by atoms with Gasteiger partial charge in [0, 0.05) is 10.9 Å². The van der Waals surface area contributed by atoms with Gasteiger partial charge in [0.25, 0.3) is 5.91 Å². The molecule has 7 heteroatoms. The molecular formula is C28H22N2O4S. The lowest BCUT2D eigenvalue weighted by Crippen LogP contribution is -2.23. The normalized spacial score (nSPS) is 11.6. The van der Waals surface area contributed by atoms with Gasteiger partial charge in [-0.05, 0) is 48.7 Å². The highest BCUT2D eigenvalue weighted by atomic mass is 32.1. The number of rotatable bonds is 6. The van der Waals surface area contributed by atoms with Crippen LogP contribution in [0.3, 0.4) is 0 Å². The van der Waals surface area contributed by atoms with Crippen LogP contribution in [-0.2, 0) is 16.1 Å². The first-order valence-corrected chi connectivity index (χ1v) is 12.0. The topological polar surface area (TPSA) is 69.9 Å². The van der Waals surface area contributed by atoms with Gasteiger partial charge < -0.3 is 14.0 Å². The number of benzene rings is 4. The summed E-state index contributed by atoms with van der Waals surface area (Å²) >= 11 is 1.38. The van der Waals surface area contributed by atoms with Gasteiger partial charge in [-0.3, -0.25) is 9.59 Å². The molecule has 0 radical (unpaired) electrons. The van der Waals surface area contributed by atoms with Crippen molar-refractivity contribution in [3.8, 4) is 11.5 Å². The van der Waals surface area contributed by atoms with Crippen molar-refractivity contribution in [3.05, 3.63) is 101 Å². The highest BCUT2D eigenvalue weighted by molar-refractivity contribution is 7.17. The standard InChI is InChI=1S/C28H22N2O4S/c1-2-33-25(31)18-30-24-16-15-19-9-6-7-14-23(19)26(24)35-28(30)29-27(32)20-10-8-13-22(17-20)34-21-11-4-3-5-12-21/h3-17H,2,18H2,1H3. The molecule has 0 unspecified atom stereocenters.